The Kier molecular flexibility index (Phi) is 5.35. The van der Waals surface area contributed by atoms with Crippen LogP contribution in [0.2, 0.25) is 5.02 Å². The highest BCUT2D eigenvalue weighted by Gasteiger charge is 2.11. The molecule has 8 heteroatoms. The van der Waals surface area contributed by atoms with Gasteiger partial charge < -0.3 is 5.32 Å². The Morgan fingerprint density at radius 3 is 2.89 bits per heavy atom. The number of aryl methyl sites for hydroxylation is 1. The largest absolute Gasteiger partial charge is 0.354 e. The van der Waals surface area contributed by atoms with Gasteiger partial charge in [-0.3, -0.25) is 0 Å². The van der Waals surface area contributed by atoms with Crippen molar-refractivity contribution in [3.63, 3.8) is 0 Å². The van der Waals surface area contributed by atoms with Gasteiger partial charge in [0, 0.05) is 13.0 Å². The highest BCUT2D eigenvalue weighted by atomic mass is 35.5. The summed E-state index contributed by atoms with van der Waals surface area (Å²) in [7, 11) is 0. The molecule has 0 unspecified atom stereocenters. The quantitative estimate of drug-likeness (QED) is 0.823. The fourth-order valence-corrected chi connectivity index (χ4v) is 3.05. The van der Waals surface area contributed by atoms with Gasteiger partial charge in [-0.2, -0.15) is 4.37 Å². The fraction of sp³-hybridized carbons (Fsp3) is 0.455. The van der Waals surface area contributed by atoms with Gasteiger partial charge in [0.05, 0.1) is 11.2 Å². The minimum atomic E-state index is 0.528. The maximum atomic E-state index is 6.10. The molecule has 0 aliphatic carbocycles. The van der Waals surface area contributed by atoms with E-state index >= 15 is 0 Å². The van der Waals surface area contributed by atoms with Crippen molar-refractivity contribution >= 4 is 40.8 Å². The van der Waals surface area contributed by atoms with Crippen molar-refractivity contribution in [3.8, 4) is 0 Å². The molecule has 0 aliphatic rings. The summed E-state index contributed by atoms with van der Waals surface area (Å²) in [4.78, 5) is 12.9. The number of rotatable bonds is 6. The van der Waals surface area contributed by atoms with Crippen LogP contribution in [0.1, 0.15) is 26.1 Å². The smallest absolute Gasteiger partial charge is 0.223 e. The van der Waals surface area contributed by atoms with Crippen molar-refractivity contribution in [1.82, 2.24) is 19.3 Å². The number of halogens is 1. The van der Waals surface area contributed by atoms with Gasteiger partial charge in [-0.25, -0.2) is 15.0 Å². The summed E-state index contributed by atoms with van der Waals surface area (Å²) in [6.45, 7) is 4.96. The van der Waals surface area contributed by atoms with Gasteiger partial charge in [0.25, 0.3) is 0 Å². The summed E-state index contributed by atoms with van der Waals surface area (Å²) in [5, 5.41) is 4.37. The van der Waals surface area contributed by atoms with E-state index in [0.717, 1.165) is 29.6 Å². The van der Waals surface area contributed by atoms with Crippen LogP contribution in [0.5, 0.6) is 0 Å². The number of hydrogen-bond donors (Lipinski definition) is 1. The van der Waals surface area contributed by atoms with E-state index in [4.69, 9.17) is 11.6 Å². The van der Waals surface area contributed by atoms with E-state index < -0.39 is 0 Å². The molecule has 0 atom stereocenters. The highest BCUT2D eigenvalue weighted by molar-refractivity contribution is 8.01. The predicted octanol–water partition coefficient (Wildman–Crippen LogP) is 3.52. The zero-order valence-electron chi connectivity index (χ0n) is 10.7. The van der Waals surface area contributed by atoms with E-state index in [2.05, 4.69) is 31.6 Å². The fourth-order valence-electron chi connectivity index (χ4n) is 1.25. The van der Waals surface area contributed by atoms with Crippen molar-refractivity contribution in [1.29, 1.82) is 0 Å². The number of anilines is 1. The van der Waals surface area contributed by atoms with Gasteiger partial charge in [0.2, 0.25) is 5.95 Å². The van der Waals surface area contributed by atoms with Crippen molar-refractivity contribution < 1.29 is 0 Å². The zero-order chi connectivity index (χ0) is 13.7. The van der Waals surface area contributed by atoms with Crippen LogP contribution in [0, 0.1) is 0 Å². The second kappa shape index (κ2) is 7.02. The molecule has 2 aromatic heterocycles. The summed E-state index contributed by atoms with van der Waals surface area (Å²) >= 11 is 8.89. The molecule has 19 heavy (non-hydrogen) atoms. The molecule has 102 valence electrons. The van der Waals surface area contributed by atoms with Crippen LogP contribution in [0.4, 0.5) is 5.95 Å². The second-order valence-electron chi connectivity index (χ2n) is 3.71. The molecule has 5 nitrogen and oxygen atoms in total. The predicted molar refractivity (Wildman–Crippen MR) is 79.2 cm³/mol. The molecular formula is C11H14ClN5S2. The highest BCUT2D eigenvalue weighted by Crippen LogP contribution is 2.32. The van der Waals surface area contributed by atoms with Crippen LogP contribution in [0.15, 0.2) is 15.6 Å². The summed E-state index contributed by atoms with van der Waals surface area (Å²) in [6, 6.07) is 0. The van der Waals surface area contributed by atoms with E-state index in [-0.39, 0.29) is 0 Å². The average molecular weight is 316 g/mol. The monoisotopic (exact) mass is 315 g/mol. The van der Waals surface area contributed by atoms with Gasteiger partial charge in [-0.1, -0.05) is 25.4 Å². The first kappa shape index (κ1) is 14.5. The first-order valence-electron chi connectivity index (χ1n) is 5.99. The minimum Gasteiger partial charge on any atom is -0.354 e. The van der Waals surface area contributed by atoms with Gasteiger partial charge in [-0.15, -0.1) is 0 Å². The molecule has 2 rings (SSSR count). The maximum Gasteiger partial charge on any atom is 0.223 e. The standard InChI is InChI=1S/C11H14ClN5S2/c1-3-5-13-10-14-6-7(12)9(16-10)18-11-15-8(4-2)17-19-11/h6H,3-5H2,1-2H3,(H,13,14,16). The molecule has 0 radical (unpaired) electrons. The van der Waals surface area contributed by atoms with Crippen molar-refractivity contribution in [2.45, 2.75) is 36.1 Å². The van der Waals surface area contributed by atoms with Gasteiger partial charge in [0.1, 0.15) is 10.9 Å². The molecule has 0 aromatic carbocycles. The lowest BCUT2D eigenvalue weighted by Gasteiger charge is -2.05. The minimum absolute atomic E-state index is 0.528. The summed E-state index contributed by atoms with van der Waals surface area (Å²) in [6.07, 6.45) is 3.46. The van der Waals surface area contributed by atoms with Gasteiger partial charge in [0.15, 0.2) is 4.34 Å². The SMILES string of the molecule is CCCNc1ncc(Cl)c(Sc2nc(CC)ns2)n1. The van der Waals surface area contributed by atoms with Gasteiger partial charge >= 0.3 is 0 Å². The molecule has 2 aromatic rings. The normalized spacial score (nSPS) is 10.7. The molecule has 1 N–H and O–H groups in total. The van der Waals surface area contributed by atoms with E-state index in [9.17, 15) is 0 Å². The summed E-state index contributed by atoms with van der Waals surface area (Å²) in [5.41, 5.74) is 0. The first-order valence-corrected chi connectivity index (χ1v) is 7.96. The van der Waals surface area contributed by atoms with Crippen LogP contribution in [-0.2, 0) is 6.42 Å². The third-order valence-electron chi connectivity index (χ3n) is 2.19. The molecule has 0 aliphatic heterocycles. The van der Waals surface area contributed by atoms with Crippen LogP contribution < -0.4 is 5.32 Å². The lowest BCUT2D eigenvalue weighted by molar-refractivity contribution is 0.934. The molecule has 0 amide bonds. The molecular weight excluding hydrogens is 302 g/mol. The van der Waals surface area contributed by atoms with Crippen LogP contribution in [-0.4, -0.2) is 25.9 Å². The van der Waals surface area contributed by atoms with E-state index in [1.807, 2.05) is 6.92 Å². The number of nitrogens with one attached hydrogen (secondary N) is 1. The summed E-state index contributed by atoms with van der Waals surface area (Å²) in [5.74, 6) is 1.44. The van der Waals surface area contributed by atoms with Crippen molar-refractivity contribution in [2.75, 3.05) is 11.9 Å². The van der Waals surface area contributed by atoms with E-state index in [0.29, 0.717) is 16.0 Å². The number of nitrogens with zero attached hydrogens (tertiary/aromatic N) is 4. The molecule has 0 fully saturated rings. The van der Waals surface area contributed by atoms with Gasteiger partial charge in [-0.05, 0) is 29.7 Å². The maximum absolute atomic E-state index is 6.10. The molecule has 0 spiro atoms. The third kappa shape index (κ3) is 4.02. The second-order valence-corrected chi connectivity index (χ2v) is 6.10. The number of aromatic nitrogens is 4. The number of hydrogen-bond acceptors (Lipinski definition) is 7. The third-order valence-corrected chi connectivity index (χ3v) is 4.38. The van der Waals surface area contributed by atoms with Crippen LogP contribution in [0.3, 0.4) is 0 Å². The van der Waals surface area contributed by atoms with E-state index in [1.165, 1.54) is 23.3 Å². The molecule has 0 saturated heterocycles. The lowest BCUT2D eigenvalue weighted by atomic mass is 10.5. The van der Waals surface area contributed by atoms with Crippen molar-refractivity contribution in [2.24, 2.45) is 0 Å². The molecule has 0 bridgehead atoms. The Hall–Kier alpha value is -0.920. The van der Waals surface area contributed by atoms with Crippen LogP contribution >= 0.6 is 34.9 Å². The lowest BCUT2D eigenvalue weighted by Crippen LogP contribution is -2.04. The Labute approximate surface area is 125 Å². The topological polar surface area (TPSA) is 63.6 Å². The van der Waals surface area contributed by atoms with E-state index in [1.54, 1.807) is 6.20 Å². The Morgan fingerprint density at radius 2 is 2.21 bits per heavy atom. The van der Waals surface area contributed by atoms with Crippen molar-refractivity contribution in [3.05, 3.63) is 17.0 Å². The Bertz CT molecular complexity index is 546. The zero-order valence-corrected chi connectivity index (χ0v) is 13.1. The Balaban J connectivity index is 2.13. The van der Waals surface area contributed by atoms with Crippen LogP contribution in [0.25, 0.3) is 0 Å². The average Bonchev–Trinajstić information content (AvgIpc) is 2.87. The Morgan fingerprint density at radius 1 is 1.37 bits per heavy atom. The molecule has 2 heterocycles. The first-order chi connectivity index (χ1) is 9.22. The summed E-state index contributed by atoms with van der Waals surface area (Å²) < 4.78 is 5.09. The molecule has 0 saturated carbocycles.